The number of hydrogen-bond acceptors (Lipinski definition) is 26. The number of fused-ring (bicyclic) bond motifs is 4. The summed E-state index contributed by atoms with van der Waals surface area (Å²) in [7, 11) is 0. The molecule has 0 unspecified atom stereocenters. The minimum Gasteiger partial charge on any atom is -0.508 e. The average Bonchev–Trinajstić information content (AvgIpc) is 0.785. The highest BCUT2D eigenvalue weighted by molar-refractivity contribution is 6.12. The lowest BCUT2D eigenvalue weighted by Gasteiger charge is -2.20. The number of carbonyl (C=O) groups is 6. The number of hydrogen-bond donors (Lipinski definition) is 15. The van der Waals surface area contributed by atoms with Crippen molar-refractivity contribution in [2.75, 3.05) is 80.7 Å². The van der Waals surface area contributed by atoms with Crippen LogP contribution in [0.5, 0.6) is 51.7 Å². The van der Waals surface area contributed by atoms with Gasteiger partial charge in [0.25, 0.3) is 23.6 Å². The van der Waals surface area contributed by atoms with E-state index in [1.807, 2.05) is 180 Å². The highest BCUT2D eigenvalue weighted by Gasteiger charge is 2.26. The third kappa shape index (κ3) is 25.4. The van der Waals surface area contributed by atoms with Crippen molar-refractivity contribution in [3.63, 3.8) is 0 Å². The number of anilines is 8. The van der Waals surface area contributed by atoms with E-state index in [1.54, 1.807) is 48.5 Å². The number of phenols is 1. The zero-order chi connectivity index (χ0) is 97.5. The van der Waals surface area contributed by atoms with Crippen molar-refractivity contribution in [1.29, 1.82) is 0 Å². The maximum absolute atomic E-state index is 12.8. The quantitative estimate of drug-likeness (QED) is 0.0170. The van der Waals surface area contributed by atoms with Gasteiger partial charge in [-0.25, -0.2) is 4.79 Å². The Morgan fingerprint density at radius 3 is 0.963 bits per heavy atom. The fraction of sp³-hybridized carbons (Fsp3) is 0.294. The van der Waals surface area contributed by atoms with E-state index in [0.29, 0.717) is 210 Å². The molecule has 0 aliphatic carbocycles. The lowest BCUT2D eigenvalue weighted by molar-refractivity contribution is -0.122. The first-order valence-electron chi connectivity index (χ1n) is 45.0. The molecule has 9 aromatic carbocycles. The van der Waals surface area contributed by atoms with Gasteiger partial charge in [-0.2, -0.15) is 0 Å². The van der Waals surface area contributed by atoms with Crippen molar-refractivity contribution in [3.05, 3.63) is 243 Å². The van der Waals surface area contributed by atoms with Crippen LogP contribution in [0.4, 0.5) is 50.3 Å². The van der Waals surface area contributed by atoms with Crippen LogP contribution < -0.4 is 115 Å². The normalized spacial score (nSPS) is 11.0. The Morgan fingerprint density at radius 1 is 0.356 bits per heavy atom. The fourth-order valence-corrected chi connectivity index (χ4v) is 15.2. The first-order chi connectivity index (χ1) is 65.2. The van der Waals surface area contributed by atoms with Crippen molar-refractivity contribution in [1.82, 2.24) is 35.9 Å². The van der Waals surface area contributed by atoms with Crippen LogP contribution in [0.3, 0.4) is 0 Å². The van der Waals surface area contributed by atoms with E-state index >= 15 is 0 Å². The number of ether oxygens (including phenoxy) is 8. The van der Waals surface area contributed by atoms with E-state index in [1.165, 1.54) is 24.8 Å². The number of nitrogens with two attached hydrogens (primary N) is 7. The number of nitrogens with one attached hydrogen (secondary N) is 7. The van der Waals surface area contributed by atoms with Gasteiger partial charge in [0, 0.05) is 126 Å². The molecule has 0 aliphatic heterocycles. The number of amides is 7. The molecule has 22 N–H and O–H groups in total. The SMILES string of the molecule is CCNC(=O)NCc1cccc(Nc2c(C(N)=O)cnc3cc(OCC)c(OCC)cc23)c1C.CCOc1cc2ncc(C(N)=O)c(Nc3cccc(CN)c3C)c2cc1OCC.CCOc1cc2ncc(C(N)=O)c(Nc3cccc(CN)c3CC)c2cc1OCC.CCOc1cc2ncc(C(N)=O)c(Nc3cccc(CNC(=O)[C@@H](N)Cc4ccc(O)cc4)c3CC)c2cc1OCC. The Labute approximate surface area is 785 Å². The Balaban J connectivity index is 0.000000188. The van der Waals surface area contributed by atoms with Gasteiger partial charge in [0.2, 0.25) is 5.91 Å². The van der Waals surface area contributed by atoms with Crippen LogP contribution in [0.15, 0.2) is 170 Å². The number of aromatic nitrogens is 4. The van der Waals surface area contributed by atoms with Gasteiger partial charge >= 0.3 is 6.03 Å². The van der Waals surface area contributed by atoms with Gasteiger partial charge in [0.1, 0.15) is 5.75 Å². The van der Waals surface area contributed by atoms with Crippen molar-refractivity contribution < 1.29 is 71.8 Å². The fourth-order valence-electron chi connectivity index (χ4n) is 15.2. The predicted octanol–water partition coefficient (Wildman–Crippen LogP) is 15.9. The van der Waals surface area contributed by atoms with Gasteiger partial charge in [0.15, 0.2) is 46.0 Å². The number of urea groups is 1. The zero-order valence-corrected chi connectivity index (χ0v) is 78.5. The van der Waals surface area contributed by atoms with Gasteiger partial charge in [-0.15, -0.1) is 0 Å². The summed E-state index contributed by atoms with van der Waals surface area (Å²) < 4.78 is 46.0. The van der Waals surface area contributed by atoms with Crippen molar-refractivity contribution in [2.24, 2.45) is 40.1 Å². The summed E-state index contributed by atoms with van der Waals surface area (Å²) >= 11 is 0. The monoisotopic (exact) mass is 1840 g/mol. The average molecular weight is 1840 g/mol. The van der Waals surface area contributed by atoms with Crippen LogP contribution in [0, 0.1) is 13.8 Å². The number of rotatable bonds is 40. The van der Waals surface area contributed by atoms with Gasteiger partial charge in [0.05, 0.1) is 126 Å². The maximum Gasteiger partial charge on any atom is 0.315 e. The second-order valence-electron chi connectivity index (χ2n) is 30.5. The zero-order valence-electron chi connectivity index (χ0n) is 78.5. The number of nitrogens with zero attached hydrogens (tertiary/aromatic N) is 4. The lowest BCUT2D eigenvalue weighted by atomic mass is 10.0. The molecule has 1 atom stereocenters. The van der Waals surface area contributed by atoms with Crippen LogP contribution in [0.1, 0.15) is 168 Å². The Bertz CT molecular complexity index is 6400. The molecule has 0 aliphatic rings. The number of phenolic OH excluding ortho intramolecular Hbond substituents is 1. The molecular formula is C102H122N18O15. The van der Waals surface area contributed by atoms with Crippen LogP contribution in [0.2, 0.25) is 0 Å². The molecule has 33 heteroatoms. The van der Waals surface area contributed by atoms with Crippen LogP contribution in [-0.2, 0) is 50.2 Å². The second-order valence-corrected chi connectivity index (χ2v) is 30.5. The second kappa shape index (κ2) is 49.1. The molecule has 0 saturated heterocycles. The summed E-state index contributed by atoms with van der Waals surface area (Å²) in [6.07, 6.45) is 7.67. The molecule has 7 amide bonds. The summed E-state index contributed by atoms with van der Waals surface area (Å²) in [4.78, 5) is 91.3. The number of aromatic hydroxyl groups is 1. The number of benzene rings is 9. The number of pyridine rings is 4. The van der Waals surface area contributed by atoms with E-state index in [2.05, 4.69) is 64.1 Å². The lowest BCUT2D eigenvalue weighted by Crippen LogP contribution is -2.41. The van der Waals surface area contributed by atoms with Crippen LogP contribution >= 0.6 is 0 Å². The number of primary amides is 4. The molecule has 710 valence electrons. The Kier molecular flexibility index (Phi) is 37.0. The largest absolute Gasteiger partial charge is 0.508 e. The van der Waals surface area contributed by atoms with E-state index in [-0.39, 0.29) is 35.4 Å². The molecule has 0 radical (unpaired) electrons. The molecule has 33 nitrogen and oxygen atoms in total. The molecule has 135 heavy (non-hydrogen) atoms. The number of carbonyl (C=O) groups excluding carboxylic acids is 6. The Morgan fingerprint density at radius 2 is 0.644 bits per heavy atom. The van der Waals surface area contributed by atoms with Crippen LogP contribution in [-0.4, -0.2) is 126 Å². The molecular weight excluding hydrogens is 1720 g/mol. The molecule has 13 rings (SSSR count). The summed E-state index contributed by atoms with van der Waals surface area (Å²) in [5.41, 5.74) is 58.5. The van der Waals surface area contributed by atoms with Crippen molar-refractivity contribution >= 4 is 125 Å². The first kappa shape index (κ1) is 102. The molecule has 13 aromatic rings. The first-order valence-corrected chi connectivity index (χ1v) is 45.0. The van der Waals surface area contributed by atoms with Crippen molar-refractivity contribution in [3.8, 4) is 51.7 Å². The van der Waals surface area contributed by atoms with E-state index in [4.69, 9.17) is 78.0 Å². The third-order valence-electron chi connectivity index (χ3n) is 21.8. The predicted molar refractivity (Wildman–Crippen MR) is 531 cm³/mol. The molecule has 0 spiro atoms. The third-order valence-corrected chi connectivity index (χ3v) is 21.8. The summed E-state index contributed by atoms with van der Waals surface area (Å²) in [6.45, 7) is 30.9. The molecule has 4 aromatic heterocycles. The molecule has 0 saturated carbocycles. The summed E-state index contributed by atoms with van der Waals surface area (Å²) in [5.74, 6) is 2.14. The minimum absolute atomic E-state index is 0.157. The molecule has 0 bridgehead atoms. The van der Waals surface area contributed by atoms with E-state index in [0.717, 1.165) is 84.6 Å². The molecule has 4 heterocycles. The highest BCUT2D eigenvalue weighted by Crippen LogP contribution is 2.44. The Hall–Kier alpha value is -15.5. The van der Waals surface area contributed by atoms with E-state index < -0.39 is 29.7 Å². The summed E-state index contributed by atoms with van der Waals surface area (Å²) in [5, 5.41) is 34.3. The maximum atomic E-state index is 12.8. The van der Waals surface area contributed by atoms with E-state index in [9.17, 15) is 33.9 Å². The van der Waals surface area contributed by atoms with Gasteiger partial charge in [-0.05, 0) is 206 Å². The van der Waals surface area contributed by atoms with Gasteiger partial charge in [-0.3, -0.25) is 43.9 Å². The smallest absolute Gasteiger partial charge is 0.315 e. The topological polar surface area (TPSA) is 514 Å². The van der Waals surface area contributed by atoms with Gasteiger partial charge < -0.3 is 120 Å². The van der Waals surface area contributed by atoms with Crippen LogP contribution in [0.25, 0.3) is 43.6 Å². The summed E-state index contributed by atoms with van der Waals surface area (Å²) in [6, 6.07) is 43.3. The van der Waals surface area contributed by atoms with Crippen molar-refractivity contribution in [2.45, 2.75) is 141 Å². The standard InChI is InChI=1S/C32H37N5O5.C25H31N5O4.C23H28N4O3.C22H26N4O3/c1-4-22-20(17-36-32(40)25(33)14-19-10-12-21(38)13-11-19)8-7-9-26(22)37-30-23-15-28(41-5-2)29(42-6-3)16-27(23)35-18-24(30)31(34)39;1-5-27-25(32)29-13-16-9-8-10-19(15(16)4)30-23-17-11-21(33-6-2)22(34-7-3)12-20(17)28-14-18(23)24(26)31;1-4-15-14(12-24)8-7-9-18(15)27-22-16-10-20(29-5-2)21(30-6-3)11-19(16)26-13-17(22)23(25)28;1-4-28-19-9-15-18(10-20(19)29-5-2)25-12-16(22(24)27)21(15)26-17-8-6-7-14(11-23)13(17)3/h7-13,15-16,18,25,38H,4-6,14,17,33H2,1-3H3,(H2,34,39)(H,35,37)(H,36,40);8-12,14H,5-7,13H2,1-4H3,(H2,26,31)(H,28,30)(H2,27,29,32);7-11,13H,4-6,12,24H2,1-3H3,(H2,25,28)(H,26,27);6-10,12H,4-5,11,23H2,1-3H3,(H2,24,27)(H,25,26)/t25-;;;/m0.../s1. The highest BCUT2D eigenvalue weighted by atomic mass is 16.5. The molecule has 0 fully saturated rings. The minimum atomic E-state index is -0.747. The van der Waals surface area contributed by atoms with Gasteiger partial charge in [-0.1, -0.05) is 74.5 Å².